The second-order valence-electron chi connectivity index (χ2n) is 7.09. The Balaban J connectivity index is 2.43. The summed E-state index contributed by atoms with van der Waals surface area (Å²) in [7, 11) is 2.10. The molecule has 1 saturated heterocycles. The molecule has 108 valence electrons. The average molecular weight is 254 g/mol. The third-order valence-corrected chi connectivity index (χ3v) is 4.47. The van der Waals surface area contributed by atoms with Crippen molar-refractivity contribution < 1.29 is 0 Å². The normalized spacial score (nSPS) is 24.8. The first-order valence-electron chi connectivity index (χ1n) is 7.87. The zero-order valence-electron chi connectivity index (χ0n) is 13.3. The van der Waals surface area contributed by atoms with Crippen molar-refractivity contribution in [2.24, 2.45) is 11.3 Å². The molecule has 1 fully saturated rings. The molecule has 2 nitrogen and oxygen atoms in total. The first-order chi connectivity index (χ1) is 8.47. The highest BCUT2D eigenvalue weighted by molar-refractivity contribution is 4.83. The second-order valence-corrected chi connectivity index (χ2v) is 7.09. The fraction of sp³-hybridized carbons (Fsp3) is 1.00. The van der Waals surface area contributed by atoms with E-state index in [0.29, 0.717) is 11.5 Å². The van der Waals surface area contributed by atoms with E-state index in [1.807, 2.05) is 0 Å². The summed E-state index contributed by atoms with van der Waals surface area (Å²) in [5, 5.41) is 3.50. The topological polar surface area (TPSA) is 15.3 Å². The van der Waals surface area contributed by atoms with Crippen molar-refractivity contribution in [3.8, 4) is 0 Å². The molecule has 1 heterocycles. The molecule has 0 radical (unpaired) electrons. The van der Waals surface area contributed by atoms with Gasteiger partial charge in [0.15, 0.2) is 0 Å². The Morgan fingerprint density at radius 3 is 2.50 bits per heavy atom. The van der Waals surface area contributed by atoms with Crippen LogP contribution in [0.15, 0.2) is 0 Å². The quantitative estimate of drug-likeness (QED) is 0.807. The highest BCUT2D eigenvalue weighted by atomic mass is 15.1. The van der Waals surface area contributed by atoms with Gasteiger partial charge in [-0.1, -0.05) is 40.5 Å². The van der Waals surface area contributed by atoms with Crippen LogP contribution in [0.1, 0.15) is 59.8 Å². The van der Waals surface area contributed by atoms with Crippen LogP contribution in [-0.4, -0.2) is 37.6 Å². The minimum atomic E-state index is 0.351. The van der Waals surface area contributed by atoms with Gasteiger partial charge in [0.05, 0.1) is 0 Å². The Bertz CT molecular complexity index is 220. The van der Waals surface area contributed by atoms with Crippen molar-refractivity contribution in [3.63, 3.8) is 0 Å². The molecule has 0 bridgehead atoms. The number of likely N-dealkylation sites (N-methyl/N-ethyl adjacent to an activating group) is 1. The maximum absolute atomic E-state index is 3.50. The highest BCUT2D eigenvalue weighted by Crippen LogP contribution is 2.24. The summed E-state index contributed by atoms with van der Waals surface area (Å²) in [6.07, 6.45) is 7.04. The summed E-state index contributed by atoms with van der Waals surface area (Å²) in [5.41, 5.74) is 0.351. The first kappa shape index (κ1) is 16.0. The third-order valence-electron chi connectivity index (χ3n) is 4.47. The van der Waals surface area contributed by atoms with Gasteiger partial charge >= 0.3 is 0 Å². The van der Waals surface area contributed by atoms with E-state index >= 15 is 0 Å². The largest absolute Gasteiger partial charge is 0.315 e. The van der Waals surface area contributed by atoms with Crippen molar-refractivity contribution >= 4 is 0 Å². The maximum atomic E-state index is 3.50. The van der Waals surface area contributed by atoms with Gasteiger partial charge in [0.25, 0.3) is 0 Å². The SMILES string of the molecule is CCCC1CCCN(CC(NC)C(C)(C)C)CC1. The molecule has 2 unspecified atom stereocenters. The Labute approximate surface area is 115 Å². The van der Waals surface area contributed by atoms with Crippen molar-refractivity contribution in [1.82, 2.24) is 10.2 Å². The van der Waals surface area contributed by atoms with Gasteiger partial charge in [0.1, 0.15) is 0 Å². The molecule has 1 rings (SSSR count). The number of likely N-dealkylation sites (tertiary alicyclic amines) is 1. The molecule has 0 amide bonds. The van der Waals surface area contributed by atoms with E-state index in [-0.39, 0.29) is 0 Å². The number of hydrogen-bond acceptors (Lipinski definition) is 2. The van der Waals surface area contributed by atoms with E-state index in [2.05, 4.69) is 45.0 Å². The molecular weight excluding hydrogens is 220 g/mol. The summed E-state index contributed by atoms with van der Waals surface area (Å²) >= 11 is 0. The lowest BCUT2D eigenvalue weighted by molar-refractivity contribution is 0.181. The van der Waals surface area contributed by atoms with E-state index in [0.717, 1.165) is 5.92 Å². The molecule has 1 N–H and O–H groups in total. The van der Waals surface area contributed by atoms with Crippen LogP contribution in [0.4, 0.5) is 0 Å². The van der Waals surface area contributed by atoms with Crippen molar-refractivity contribution in [3.05, 3.63) is 0 Å². The molecule has 0 saturated carbocycles. The van der Waals surface area contributed by atoms with E-state index in [1.165, 1.54) is 51.7 Å². The molecule has 1 aliphatic heterocycles. The zero-order valence-corrected chi connectivity index (χ0v) is 13.3. The van der Waals surface area contributed by atoms with Crippen LogP contribution in [0.25, 0.3) is 0 Å². The maximum Gasteiger partial charge on any atom is 0.0240 e. The lowest BCUT2D eigenvalue weighted by Crippen LogP contribution is -2.47. The summed E-state index contributed by atoms with van der Waals surface area (Å²) < 4.78 is 0. The van der Waals surface area contributed by atoms with Gasteiger partial charge in [-0.05, 0) is 50.7 Å². The van der Waals surface area contributed by atoms with Crippen LogP contribution < -0.4 is 5.32 Å². The average Bonchev–Trinajstić information content (AvgIpc) is 2.50. The predicted molar refractivity (Wildman–Crippen MR) is 81.0 cm³/mol. The molecule has 1 aliphatic rings. The first-order valence-corrected chi connectivity index (χ1v) is 7.87. The van der Waals surface area contributed by atoms with Crippen LogP contribution in [0.2, 0.25) is 0 Å². The van der Waals surface area contributed by atoms with Gasteiger partial charge in [-0.15, -0.1) is 0 Å². The number of hydrogen-bond donors (Lipinski definition) is 1. The Hall–Kier alpha value is -0.0800. The lowest BCUT2D eigenvalue weighted by Gasteiger charge is -2.35. The van der Waals surface area contributed by atoms with Crippen LogP contribution in [-0.2, 0) is 0 Å². The lowest BCUT2D eigenvalue weighted by atomic mass is 9.86. The minimum Gasteiger partial charge on any atom is -0.315 e. The fourth-order valence-electron chi connectivity index (χ4n) is 3.16. The van der Waals surface area contributed by atoms with Crippen LogP contribution >= 0.6 is 0 Å². The minimum absolute atomic E-state index is 0.351. The Kier molecular flexibility index (Phi) is 6.65. The molecule has 2 heteroatoms. The third kappa shape index (κ3) is 5.27. The number of rotatable bonds is 5. The molecule has 0 aromatic carbocycles. The predicted octanol–water partition coefficient (Wildman–Crippen LogP) is 3.52. The number of nitrogens with zero attached hydrogens (tertiary/aromatic N) is 1. The summed E-state index contributed by atoms with van der Waals surface area (Å²) in [6.45, 7) is 13.1. The van der Waals surface area contributed by atoms with E-state index in [1.54, 1.807) is 0 Å². The summed E-state index contributed by atoms with van der Waals surface area (Å²) in [6, 6.07) is 0.597. The van der Waals surface area contributed by atoms with Crippen LogP contribution in [0.3, 0.4) is 0 Å². The van der Waals surface area contributed by atoms with E-state index < -0.39 is 0 Å². The molecule has 0 aromatic heterocycles. The van der Waals surface area contributed by atoms with E-state index in [4.69, 9.17) is 0 Å². The van der Waals surface area contributed by atoms with Gasteiger partial charge in [0, 0.05) is 12.6 Å². The second kappa shape index (κ2) is 7.49. The fourth-order valence-corrected chi connectivity index (χ4v) is 3.16. The van der Waals surface area contributed by atoms with Crippen LogP contribution in [0.5, 0.6) is 0 Å². The van der Waals surface area contributed by atoms with Crippen LogP contribution in [0, 0.1) is 11.3 Å². The summed E-state index contributed by atoms with van der Waals surface area (Å²) in [5.74, 6) is 0.989. The van der Waals surface area contributed by atoms with Gasteiger partial charge in [-0.3, -0.25) is 0 Å². The molecule has 18 heavy (non-hydrogen) atoms. The van der Waals surface area contributed by atoms with Crippen molar-refractivity contribution in [2.45, 2.75) is 65.8 Å². The monoisotopic (exact) mass is 254 g/mol. The molecule has 0 spiro atoms. The standard InChI is InChI=1S/C16H34N2/c1-6-8-14-9-7-11-18(12-10-14)13-15(17-5)16(2,3)4/h14-15,17H,6-13H2,1-5H3. The molecule has 0 aliphatic carbocycles. The molecule has 2 atom stereocenters. The van der Waals surface area contributed by atoms with Crippen molar-refractivity contribution in [2.75, 3.05) is 26.7 Å². The van der Waals surface area contributed by atoms with Gasteiger partial charge in [0.2, 0.25) is 0 Å². The Morgan fingerprint density at radius 1 is 1.22 bits per heavy atom. The molecular formula is C16H34N2. The van der Waals surface area contributed by atoms with Gasteiger partial charge < -0.3 is 10.2 Å². The van der Waals surface area contributed by atoms with Gasteiger partial charge in [-0.25, -0.2) is 0 Å². The molecule has 0 aromatic rings. The van der Waals surface area contributed by atoms with Gasteiger partial charge in [-0.2, -0.15) is 0 Å². The zero-order chi connectivity index (χ0) is 13.6. The van der Waals surface area contributed by atoms with E-state index in [9.17, 15) is 0 Å². The summed E-state index contributed by atoms with van der Waals surface area (Å²) in [4.78, 5) is 2.68. The Morgan fingerprint density at radius 2 is 1.94 bits per heavy atom. The van der Waals surface area contributed by atoms with Crippen molar-refractivity contribution in [1.29, 1.82) is 0 Å². The number of nitrogens with one attached hydrogen (secondary N) is 1. The smallest absolute Gasteiger partial charge is 0.0240 e. The highest BCUT2D eigenvalue weighted by Gasteiger charge is 2.26.